The third-order valence-electron chi connectivity index (χ3n) is 2.35. The van der Waals surface area contributed by atoms with E-state index in [-0.39, 0.29) is 11.7 Å². The van der Waals surface area contributed by atoms with Gasteiger partial charge in [0.15, 0.2) is 5.78 Å². The van der Waals surface area contributed by atoms with Crippen molar-refractivity contribution in [3.8, 4) is 0 Å². The molecule has 1 rings (SSSR count). The summed E-state index contributed by atoms with van der Waals surface area (Å²) in [6.45, 7) is 3.43. The van der Waals surface area contributed by atoms with Crippen LogP contribution in [0.5, 0.6) is 0 Å². The van der Waals surface area contributed by atoms with Crippen LogP contribution in [-0.4, -0.2) is 11.5 Å². The van der Waals surface area contributed by atoms with Crippen LogP contribution in [0.3, 0.4) is 0 Å². The van der Waals surface area contributed by atoms with Crippen molar-refractivity contribution in [3.63, 3.8) is 0 Å². The Bertz CT molecular complexity index is 449. The van der Waals surface area contributed by atoms with Gasteiger partial charge in [-0.25, -0.2) is 0 Å². The minimum Gasteiger partial charge on any atom is -0.295 e. The summed E-state index contributed by atoms with van der Waals surface area (Å²) in [5, 5.41) is 0. The van der Waals surface area contributed by atoms with Gasteiger partial charge in [-0.1, -0.05) is 13.0 Å². The third-order valence-corrected chi connectivity index (χ3v) is 3.65. The zero-order valence-electron chi connectivity index (χ0n) is 10.7. The number of carbonyl (C=O) groups is 1. The summed E-state index contributed by atoms with van der Waals surface area (Å²) in [5.74, 6) is 0.900. The molecule has 0 radical (unpaired) electrons. The third kappa shape index (κ3) is 5.96. The maximum atomic E-state index is 12.4. The Hall–Kier alpha value is -1.23. The number of rotatable bonds is 5. The Morgan fingerprint density at radius 2 is 1.89 bits per heavy atom. The van der Waals surface area contributed by atoms with Crippen molar-refractivity contribution >= 4 is 17.5 Å². The first-order valence-electron chi connectivity index (χ1n) is 5.78. The predicted octanol–water partition coefficient (Wildman–Crippen LogP) is 4.58. The predicted molar refractivity (Wildman–Crippen MR) is 71.2 cm³/mol. The minimum absolute atomic E-state index is 0.00798. The molecule has 0 aliphatic carbocycles. The molecule has 1 unspecified atom stereocenters. The van der Waals surface area contributed by atoms with Gasteiger partial charge in [0.2, 0.25) is 0 Å². The number of allylic oxidation sites excluding steroid dienone is 2. The Balaban J connectivity index is 2.53. The summed E-state index contributed by atoms with van der Waals surface area (Å²) < 4.78 is 37.1. The van der Waals surface area contributed by atoms with E-state index in [1.807, 2.05) is 6.92 Å². The van der Waals surface area contributed by atoms with Gasteiger partial charge in [0.1, 0.15) is 0 Å². The zero-order chi connectivity index (χ0) is 14.5. The molecule has 0 heterocycles. The molecule has 0 aliphatic rings. The first-order valence-corrected chi connectivity index (χ1v) is 6.76. The fourth-order valence-corrected chi connectivity index (χ4v) is 2.22. The van der Waals surface area contributed by atoms with E-state index in [0.29, 0.717) is 0 Å². The number of hydrogen-bond donors (Lipinski definition) is 0. The quantitative estimate of drug-likeness (QED) is 0.583. The number of carbonyl (C=O) groups excluding carboxylic acids is 1. The van der Waals surface area contributed by atoms with Gasteiger partial charge < -0.3 is 0 Å². The van der Waals surface area contributed by atoms with E-state index in [9.17, 15) is 18.0 Å². The molecule has 1 nitrogen and oxygen atoms in total. The van der Waals surface area contributed by atoms with E-state index in [0.717, 1.165) is 22.8 Å². The van der Waals surface area contributed by atoms with Crippen LogP contribution in [0.1, 0.15) is 19.4 Å². The molecule has 0 aliphatic heterocycles. The van der Waals surface area contributed by atoms with Gasteiger partial charge in [-0.3, -0.25) is 4.79 Å². The lowest BCUT2D eigenvalue weighted by Gasteiger charge is -2.08. The second-order valence-electron chi connectivity index (χ2n) is 4.28. The van der Waals surface area contributed by atoms with Gasteiger partial charge in [0.25, 0.3) is 0 Å². The normalized spacial score (nSPS) is 13.7. The van der Waals surface area contributed by atoms with Crippen LogP contribution in [0, 0.1) is 5.92 Å². The molecular weight excluding hydrogens is 273 g/mol. The van der Waals surface area contributed by atoms with Gasteiger partial charge >= 0.3 is 6.18 Å². The number of benzene rings is 1. The summed E-state index contributed by atoms with van der Waals surface area (Å²) in [4.78, 5) is 11.5. The van der Waals surface area contributed by atoms with Crippen LogP contribution in [0.2, 0.25) is 0 Å². The van der Waals surface area contributed by atoms with Crippen molar-refractivity contribution in [1.82, 2.24) is 0 Å². The van der Waals surface area contributed by atoms with Crippen LogP contribution in [0.15, 0.2) is 41.3 Å². The molecule has 5 heteroatoms. The summed E-state index contributed by atoms with van der Waals surface area (Å²) in [7, 11) is 0. The van der Waals surface area contributed by atoms with E-state index in [4.69, 9.17) is 0 Å². The molecule has 0 bridgehead atoms. The number of hydrogen-bond acceptors (Lipinski definition) is 2. The topological polar surface area (TPSA) is 17.1 Å². The number of alkyl halides is 3. The lowest BCUT2D eigenvalue weighted by molar-refractivity contribution is -0.137. The first-order chi connectivity index (χ1) is 8.79. The van der Waals surface area contributed by atoms with E-state index in [1.165, 1.54) is 36.9 Å². The highest BCUT2D eigenvalue weighted by Crippen LogP contribution is 2.31. The smallest absolute Gasteiger partial charge is 0.295 e. The molecule has 0 spiro atoms. The second kappa shape index (κ2) is 6.80. The molecule has 0 N–H and O–H groups in total. The summed E-state index contributed by atoms with van der Waals surface area (Å²) >= 11 is 1.47. The van der Waals surface area contributed by atoms with Gasteiger partial charge in [0.05, 0.1) is 5.56 Å². The molecule has 0 aromatic heterocycles. The number of halogens is 3. The molecule has 19 heavy (non-hydrogen) atoms. The number of ketones is 1. The Kier molecular flexibility index (Phi) is 5.66. The summed E-state index contributed by atoms with van der Waals surface area (Å²) in [5.41, 5.74) is -0.638. The standard InChI is InChI=1S/C14H15F3OS/c1-10(3-4-11(2)18)9-19-13-7-5-12(6-8-13)14(15,16)17/h3-8,10H,9H2,1-2H3. The summed E-state index contributed by atoms with van der Waals surface area (Å²) in [6.07, 6.45) is -0.974. The van der Waals surface area contributed by atoms with E-state index >= 15 is 0 Å². The molecule has 0 saturated carbocycles. The van der Waals surface area contributed by atoms with Crippen molar-refractivity contribution in [3.05, 3.63) is 42.0 Å². The van der Waals surface area contributed by atoms with Crippen molar-refractivity contribution in [2.75, 3.05) is 5.75 Å². The van der Waals surface area contributed by atoms with Crippen molar-refractivity contribution < 1.29 is 18.0 Å². The average molecular weight is 288 g/mol. The molecule has 0 amide bonds. The SMILES string of the molecule is CC(=O)C=CC(C)CSc1ccc(C(F)(F)F)cc1. The molecule has 1 aromatic carbocycles. The Morgan fingerprint density at radius 1 is 1.32 bits per heavy atom. The fourth-order valence-electron chi connectivity index (χ4n) is 1.32. The van der Waals surface area contributed by atoms with Gasteiger partial charge in [-0.2, -0.15) is 13.2 Å². The largest absolute Gasteiger partial charge is 0.416 e. The Labute approximate surface area is 114 Å². The van der Waals surface area contributed by atoms with Crippen LogP contribution < -0.4 is 0 Å². The molecule has 104 valence electrons. The minimum atomic E-state index is -4.29. The molecule has 0 fully saturated rings. The highest BCUT2D eigenvalue weighted by atomic mass is 32.2. The van der Waals surface area contributed by atoms with Crippen molar-refractivity contribution in [2.45, 2.75) is 24.9 Å². The van der Waals surface area contributed by atoms with Crippen LogP contribution in [0.4, 0.5) is 13.2 Å². The molecule has 1 atom stereocenters. The lowest BCUT2D eigenvalue weighted by atomic mass is 10.2. The van der Waals surface area contributed by atoms with Crippen LogP contribution in [-0.2, 0) is 11.0 Å². The van der Waals surface area contributed by atoms with E-state index < -0.39 is 11.7 Å². The fraction of sp³-hybridized carbons (Fsp3) is 0.357. The van der Waals surface area contributed by atoms with Gasteiger partial charge in [-0.15, -0.1) is 11.8 Å². The highest BCUT2D eigenvalue weighted by molar-refractivity contribution is 7.99. The van der Waals surface area contributed by atoms with E-state index in [2.05, 4.69) is 0 Å². The summed E-state index contributed by atoms with van der Waals surface area (Å²) in [6, 6.07) is 5.10. The van der Waals surface area contributed by atoms with Gasteiger partial charge in [-0.05, 0) is 43.2 Å². The zero-order valence-corrected chi connectivity index (χ0v) is 11.5. The van der Waals surface area contributed by atoms with Gasteiger partial charge in [0, 0.05) is 10.6 Å². The average Bonchev–Trinajstić information content (AvgIpc) is 2.33. The van der Waals surface area contributed by atoms with Crippen LogP contribution in [0.25, 0.3) is 0 Å². The lowest BCUT2D eigenvalue weighted by Crippen LogP contribution is -2.04. The molecule has 1 aromatic rings. The monoisotopic (exact) mass is 288 g/mol. The second-order valence-corrected chi connectivity index (χ2v) is 5.37. The van der Waals surface area contributed by atoms with E-state index in [1.54, 1.807) is 6.08 Å². The first kappa shape index (κ1) is 15.8. The molecular formula is C14H15F3OS. The van der Waals surface area contributed by atoms with Crippen molar-refractivity contribution in [2.24, 2.45) is 5.92 Å². The van der Waals surface area contributed by atoms with Crippen molar-refractivity contribution in [1.29, 1.82) is 0 Å². The highest BCUT2D eigenvalue weighted by Gasteiger charge is 2.29. The molecule has 0 saturated heterocycles. The Morgan fingerprint density at radius 3 is 2.37 bits per heavy atom. The maximum absolute atomic E-state index is 12.4. The number of thioether (sulfide) groups is 1. The van der Waals surface area contributed by atoms with Crippen LogP contribution >= 0.6 is 11.8 Å². The maximum Gasteiger partial charge on any atom is 0.416 e.